The number of nitrogens with zero attached hydrogens (tertiary/aromatic N) is 3. The summed E-state index contributed by atoms with van der Waals surface area (Å²) in [5.74, 6) is 0.761. The number of carbonyl (C=O) groups excluding carboxylic acids is 1. The molecule has 2 fully saturated rings. The first-order chi connectivity index (χ1) is 12.5. The maximum absolute atomic E-state index is 13.8. The minimum Gasteiger partial charge on any atom is -0.493 e. The number of carbonyl (C=O) groups is 1. The Morgan fingerprint density at radius 1 is 1.27 bits per heavy atom. The Morgan fingerprint density at radius 2 is 2.00 bits per heavy atom. The van der Waals surface area contributed by atoms with E-state index >= 15 is 0 Å². The van der Waals surface area contributed by atoms with Crippen molar-refractivity contribution in [2.24, 2.45) is 11.8 Å². The van der Waals surface area contributed by atoms with Gasteiger partial charge in [-0.05, 0) is 52.2 Å². The van der Waals surface area contributed by atoms with Crippen LogP contribution in [0.25, 0.3) is 0 Å². The summed E-state index contributed by atoms with van der Waals surface area (Å²) in [6.07, 6.45) is 2.06. The average Bonchev–Trinajstić information content (AvgIpc) is 2.98. The van der Waals surface area contributed by atoms with Crippen LogP contribution in [0.4, 0.5) is 4.39 Å². The van der Waals surface area contributed by atoms with E-state index in [0.29, 0.717) is 19.2 Å². The molecular formula is C20H28FN3O2. The van der Waals surface area contributed by atoms with Crippen LogP contribution >= 0.6 is 0 Å². The fourth-order valence-corrected chi connectivity index (χ4v) is 4.95. The largest absolute Gasteiger partial charge is 0.493 e. The van der Waals surface area contributed by atoms with Gasteiger partial charge in [0, 0.05) is 43.2 Å². The molecule has 0 unspecified atom stereocenters. The third-order valence-electron chi connectivity index (χ3n) is 6.43. The third-order valence-corrected chi connectivity index (χ3v) is 6.43. The number of rotatable bonds is 2. The molecule has 0 aromatic heterocycles. The minimum absolute atomic E-state index is 0.0581. The number of halogens is 1. The molecule has 0 aliphatic carbocycles. The number of ether oxygens (including phenoxy) is 1. The summed E-state index contributed by atoms with van der Waals surface area (Å²) < 4.78 is 19.7. The monoisotopic (exact) mass is 361 g/mol. The van der Waals surface area contributed by atoms with Crippen LogP contribution in [-0.4, -0.2) is 74.0 Å². The first-order valence-corrected chi connectivity index (χ1v) is 9.53. The average molecular weight is 361 g/mol. The molecule has 4 rings (SSSR count). The smallest absolute Gasteiger partial charge is 0.227 e. The highest BCUT2D eigenvalue weighted by atomic mass is 19.1. The molecule has 3 atom stereocenters. The predicted octanol–water partition coefficient (Wildman–Crippen LogP) is 1.99. The van der Waals surface area contributed by atoms with Crippen molar-refractivity contribution in [3.05, 3.63) is 29.6 Å². The Balaban J connectivity index is 1.50. The van der Waals surface area contributed by atoms with Crippen molar-refractivity contribution in [3.63, 3.8) is 0 Å². The van der Waals surface area contributed by atoms with E-state index in [1.807, 2.05) is 11.9 Å². The molecule has 1 amide bonds. The summed E-state index contributed by atoms with van der Waals surface area (Å²) in [5, 5.41) is 0. The summed E-state index contributed by atoms with van der Waals surface area (Å²) in [7, 11) is 6.24. The Labute approximate surface area is 154 Å². The molecule has 2 saturated heterocycles. The summed E-state index contributed by atoms with van der Waals surface area (Å²) in [6.45, 7) is 2.88. The van der Waals surface area contributed by atoms with E-state index in [1.54, 1.807) is 12.1 Å². The number of hydrogen-bond acceptors (Lipinski definition) is 4. The van der Waals surface area contributed by atoms with E-state index in [1.165, 1.54) is 6.07 Å². The number of likely N-dealkylation sites (tertiary alicyclic amines) is 2. The lowest BCUT2D eigenvalue weighted by Gasteiger charge is -2.38. The lowest BCUT2D eigenvalue weighted by atomic mass is 9.84. The first kappa shape index (κ1) is 17.7. The SMILES string of the molecule is CN(C)C1CCN(C(=O)[C@@H]2CN(C)[C@H]3c4cc(F)ccc4OC[C@@H]23)CC1. The number of fused-ring (bicyclic) bond motifs is 3. The molecule has 1 aromatic carbocycles. The summed E-state index contributed by atoms with van der Waals surface area (Å²) in [6, 6.07) is 5.33. The van der Waals surface area contributed by atoms with E-state index in [0.717, 1.165) is 37.2 Å². The van der Waals surface area contributed by atoms with Gasteiger partial charge in [0.25, 0.3) is 0 Å². The highest BCUT2D eigenvalue weighted by Crippen LogP contribution is 2.47. The minimum atomic E-state index is -0.248. The van der Waals surface area contributed by atoms with Gasteiger partial charge in [-0.15, -0.1) is 0 Å². The van der Waals surface area contributed by atoms with Crippen molar-refractivity contribution >= 4 is 5.91 Å². The molecule has 0 radical (unpaired) electrons. The van der Waals surface area contributed by atoms with Crippen LogP contribution in [0.5, 0.6) is 5.75 Å². The molecule has 142 valence electrons. The standard InChI is InChI=1S/C20H28FN3O2/c1-22(2)14-6-8-24(9-7-14)20(25)16-11-23(3)19-15-10-13(21)4-5-18(15)26-12-17(16)19/h4-5,10,14,16-17,19H,6-9,11-12H2,1-3H3/t16-,17+,19+/m1/s1. The van der Waals surface area contributed by atoms with Crippen LogP contribution in [0, 0.1) is 17.7 Å². The van der Waals surface area contributed by atoms with E-state index in [2.05, 4.69) is 23.9 Å². The zero-order chi connectivity index (χ0) is 18.4. The van der Waals surface area contributed by atoms with Crippen molar-refractivity contribution in [2.45, 2.75) is 24.9 Å². The van der Waals surface area contributed by atoms with Gasteiger partial charge in [-0.3, -0.25) is 9.69 Å². The van der Waals surface area contributed by atoms with Crippen LogP contribution in [0.1, 0.15) is 24.4 Å². The second-order valence-corrected chi connectivity index (χ2v) is 8.17. The second-order valence-electron chi connectivity index (χ2n) is 8.17. The van der Waals surface area contributed by atoms with E-state index in [9.17, 15) is 9.18 Å². The molecule has 0 N–H and O–H groups in total. The Morgan fingerprint density at radius 3 is 2.69 bits per heavy atom. The first-order valence-electron chi connectivity index (χ1n) is 9.53. The maximum atomic E-state index is 13.8. The van der Waals surface area contributed by atoms with Gasteiger partial charge in [-0.1, -0.05) is 0 Å². The van der Waals surface area contributed by atoms with Crippen LogP contribution < -0.4 is 4.74 Å². The van der Waals surface area contributed by atoms with Crippen molar-refractivity contribution < 1.29 is 13.9 Å². The molecule has 0 spiro atoms. The van der Waals surface area contributed by atoms with Crippen molar-refractivity contribution in [3.8, 4) is 5.75 Å². The molecule has 0 bridgehead atoms. The van der Waals surface area contributed by atoms with Gasteiger partial charge >= 0.3 is 0 Å². The van der Waals surface area contributed by atoms with Crippen molar-refractivity contribution in [1.82, 2.24) is 14.7 Å². The molecule has 26 heavy (non-hydrogen) atoms. The molecule has 3 heterocycles. The molecule has 5 nitrogen and oxygen atoms in total. The number of piperidine rings is 1. The summed E-state index contributed by atoms with van der Waals surface area (Å²) in [4.78, 5) is 19.7. The van der Waals surface area contributed by atoms with Crippen LogP contribution in [-0.2, 0) is 4.79 Å². The van der Waals surface area contributed by atoms with Gasteiger partial charge < -0.3 is 14.5 Å². The fourth-order valence-electron chi connectivity index (χ4n) is 4.95. The summed E-state index contributed by atoms with van der Waals surface area (Å²) >= 11 is 0. The van der Waals surface area contributed by atoms with Gasteiger partial charge in [0.2, 0.25) is 5.91 Å². The summed E-state index contributed by atoms with van der Waals surface area (Å²) in [5.41, 5.74) is 0.880. The molecule has 6 heteroatoms. The molecule has 3 aliphatic heterocycles. The van der Waals surface area contributed by atoms with Gasteiger partial charge in [0.15, 0.2) is 0 Å². The van der Waals surface area contributed by atoms with Crippen LogP contribution in [0.2, 0.25) is 0 Å². The van der Waals surface area contributed by atoms with Gasteiger partial charge in [-0.25, -0.2) is 4.39 Å². The van der Waals surface area contributed by atoms with Crippen LogP contribution in [0.15, 0.2) is 18.2 Å². The quantitative estimate of drug-likeness (QED) is 0.807. The highest BCUT2D eigenvalue weighted by Gasteiger charge is 2.49. The lowest BCUT2D eigenvalue weighted by Crippen LogP contribution is -2.48. The fraction of sp³-hybridized carbons (Fsp3) is 0.650. The zero-order valence-electron chi connectivity index (χ0n) is 15.8. The Bertz CT molecular complexity index is 688. The topological polar surface area (TPSA) is 36.0 Å². The van der Waals surface area contributed by atoms with Gasteiger partial charge in [0.1, 0.15) is 11.6 Å². The normalized spacial score (nSPS) is 29.4. The number of hydrogen-bond donors (Lipinski definition) is 0. The Kier molecular flexibility index (Phi) is 4.65. The van der Waals surface area contributed by atoms with Crippen molar-refractivity contribution in [1.29, 1.82) is 0 Å². The van der Waals surface area contributed by atoms with E-state index in [-0.39, 0.29) is 29.6 Å². The maximum Gasteiger partial charge on any atom is 0.227 e. The van der Waals surface area contributed by atoms with E-state index in [4.69, 9.17) is 4.74 Å². The molecule has 3 aliphatic rings. The van der Waals surface area contributed by atoms with E-state index < -0.39 is 0 Å². The predicted molar refractivity (Wildman–Crippen MR) is 97.5 cm³/mol. The lowest BCUT2D eigenvalue weighted by molar-refractivity contribution is -0.138. The second kappa shape index (κ2) is 6.82. The molecule has 1 aromatic rings. The Hall–Kier alpha value is -1.66. The van der Waals surface area contributed by atoms with Gasteiger partial charge in [0.05, 0.1) is 12.5 Å². The zero-order valence-corrected chi connectivity index (χ0v) is 15.8. The van der Waals surface area contributed by atoms with Gasteiger partial charge in [-0.2, -0.15) is 0 Å². The molecule has 0 saturated carbocycles. The van der Waals surface area contributed by atoms with Crippen molar-refractivity contribution in [2.75, 3.05) is 47.4 Å². The highest BCUT2D eigenvalue weighted by molar-refractivity contribution is 5.80. The van der Waals surface area contributed by atoms with Crippen LogP contribution in [0.3, 0.4) is 0 Å². The number of benzene rings is 1. The third kappa shape index (κ3) is 2.99. The molecular weight excluding hydrogens is 333 g/mol. The number of amides is 1.